The SMILES string of the molecule is CCCc1c2nc(C(=O)OC)cc(N(C)S(=O)(=O)c3ccc(C)cc3)c2cc2c(=O)cc(C(=O)OCC)oc12. The summed E-state index contributed by atoms with van der Waals surface area (Å²) < 4.78 is 44.0. The summed E-state index contributed by atoms with van der Waals surface area (Å²) in [7, 11) is -1.52. The number of aromatic nitrogens is 1. The molecule has 39 heavy (non-hydrogen) atoms. The molecule has 0 aliphatic heterocycles. The third-order valence-electron chi connectivity index (χ3n) is 6.26. The monoisotopic (exact) mass is 552 g/mol. The highest BCUT2D eigenvalue weighted by Crippen LogP contribution is 2.36. The van der Waals surface area contributed by atoms with Gasteiger partial charge in [-0.3, -0.25) is 9.10 Å². The van der Waals surface area contributed by atoms with Crippen LogP contribution in [0.2, 0.25) is 0 Å². The number of hydrogen-bond donors (Lipinski definition) is 0. The minimum absolute atomic E-state index is 0.0494. The second-order valence-electron chi connectivity index (χ2n) is 8.88. The van der Waals surface area contributed by atoms with Gasteiger partial charge in [0.2, 0.25) is 5.76 Å². The molecule has 0 fully saturated rings. The number of hydrogen-bond acceptors (Lipinski definition) is 9. The van der Waals surface area contributed by atoms with Crippen molar-refractivity contribution in [3.05, 3.63) is 75.3 Å². The van der Waals surface area contributed by atoms with Crippen LogP contribution in [0, 0.1) is 6.92 Å². The molecule has 204 valence electrons. The summed E-state index contributed by atoms with van der Waals surface area (Å²) in [6.07, 6.45) is 0.951. The number of carbonyl (C=O) groups excluding carboxylic acids is 2. The molecule has 0 saturated heterocycles. The van der Waals surface area contributed by atoms with E-state index in [0.29, 0.717) is 23.8 Å². The van der Waals surface area contributed by atoms with Crippen LogP contribution in [-0.2, 0) is 25.9 Å². The smallest absolute Gasteiger partial charge is 0.374 e. The van der Waals surface area contributed by atoms with Gasteiger partial charge in [-0.25, -0.2) is 23.0 Å². The summed E-state index contributed by atoms with van der Waals surface area (Å²) >= 11 is 0. The standard InChI is InChI=1S/C28H28N2O8S/c1-6-8-18-25-19(13-20-23(31)15-24(38-26(18)20)28(33)37-7-2)22(14-21(29-25)27(32)36-5)30(4)39(34,35)17-11-9-16(3)10-12-17/h9-15H,6-8H2,1-5H3. The molecule has 2 heterocycles. The summed E-state index contributed by atoms with van der Waals surface area (Å²) in [6, 6.07) is 10.2. The molecular weight excluding hydrogens is 524 g/mol. The zero-order valence-corrected chi connectivity index (χ0v) is 23.0. The van der Waals surface area contributed by atoms with Crippen LogP contribution in [0.1, 0.15) is 52.4 Å². The van der Waals surface area contributed by atoms with Crippen LogP contribution in [0.3, 0.4) is 0 Å². The second-order valence-corrected chi connectivity index (χ2v) is 10.8. The molecule has 10 nitrogen and oxygen atoms in total. The van der Waals surface area contributed by atoms with Crippen molar-refractivity contribution in [3.63, 3.8) is 0 Å². The molecule has 4 rings (SSSR count). The van der Waals surface area contributed by atoms with Crippen LogP contribution in [0.25, 0.3) is 21.9 Å². The molecule has 4 aromatic rings. The van der Waals surface area contributed by atoms with Crippen molar-refractivity contribution < 1.29 is 31.9 Å². The van der Waals surface area contributed by atoms with Gasteiger partial charge >= 0.3 is 11.9 Å². The Bertz CT molecular complexity index is 1760. The fourth-order valence-electron chi connectivity index (χ4n) is 4.28. The number of aryl methyl sites for hydroxylation is 2. The van der Waals surface area contributed by atoms with Crippen LogP contribution < -0.4 is 9.73 Å². The molecule has 0 aliphatic carbocycles. The molecule has 0 N–H and O–H groups in total. The molecule has 0 spiro atoms. The van der Waals surface area contributed by atoms with Gasteiger partial charge in [0.1, 0.15) is 5.58 Å². The highest BCUT2D eigenvalue weighted by Gasteiger charge is 2.27. The quantitative estimate of drug-likeness (QED) is 0.230. The van der Waals surface area contributed by atoms with Gasteiger partial charge in [-0.05, 0) is 44.5 Å². The van der Waals surface area contributed by atoms with Gasteiger partial charge in [0.15, 0.2) is 11.1 Å². The van der Waals surface area contributed by atoms with Crippen molar-refractivity contribution >= 4 is 49.5 Å². The normalized spacial score (nSPS) is 11.5. The topological polar surface area (TPSA) is 133 Å². The van der Waals surface area contributed by atoms with Gasteiger partial charge in [-0.1, -0.05) is 31.0 Å². The van der Waals surface area contributed by atoms with Crippen LogP contribution in [-0.4, -0.2) is 46.1 Å². The van der Waals surface area contributed by atoms with Crippen LogP contribution in [0.15, 0.2) is 56.6 Å². The van der Waals surface area contributed by atoms with E-state index in [9.17, 15) is 22.8 Å². The lowest BCUT2D eigenvalue weighted by Gasteiger charge is -2.23. The van der Waals surface area contributed by atoms with Crippen molar-refractivity contribution in [1.82, 2.24) is 4.98 Å². The molecule has 11 heteroatoms. The number of ether oxygens (including phenoxy) is 2. The Balaban J connectivity index is 2.10. The lowest BCUT2D eigenvalue weighted by atomic mass is 9.99. The maximum Gasteiger partial charge on any atom is 0.374 e. The summed E-state index contributed by atoms with van der Waals surface area (Å²) in [6.45, 7) is 5.47. The molecule has 0 bridgehead atoms. The molecule has 0 radical (unpaired) electrons. The fraction of sp³-hybridized carbons (Fsp3) is 0.286. The average Bonchev–Trinajstić information content (AvgIpc) is 2.92. The maximum atomic E-state index is 13.6. The van der Waals surface area contributed by atoms with Crippen LogP contribution >= 0.6 is 0 Å². The molecular formula is C28H28N2O8S. The van der Waals surface area contributed by atoms with Gasteiger partial charge < -0.3 is 13.9 Å². The number of methoxy groups -OCH3 is 1. The Hall–Kier alpha value is -4.25. The molecule has 0 amide bonds. The number of pyridine rings is 1. The van der Waals surface area contributed by atoms with Gasteiger partial charge in [0, 0.05) is 24.1 Å². The molecule has 0 saturated carbocycles. The van der Waals surface area contributed by atoms with Crippen molar-refractivity contribution in [2.24, 2.45) is 0 Å². The minimum atomic E-state index is -4.07. The first-order valence-corrected chi connectivity index (χ1v) is 13.7. The number of esters is 2. The molecule has 0 atom stereocenters. The van der Waals surface area contributed by atoms with Crippen LogP contribution in [0.5, 0.6) is 0 Å². The highest BCUT2D eigenvalue weighted by atomic mass is 32.2. The van der Waals surface area contributed by atoms with E-state index in [4.69, 9.17) is 13.9 Å². The van der Waals surface area contributed by atoms with E-state index in [2.05, 4.69) is 4.98 Å². The molecule has 0 unspecified atom stereocenters. The van der Waals surface area contributed by atoms with E-state index >= 15 is 0 Å². The van der Waals surface area contributed by atoms with Gasteiger partial charge in [0.25, 0.3) is 10.0 Å². The van der Waals surface area contributed by atoms with Crippen molar-refractivity contribution in [1.29, 1.82) is 0 Å². The number of nitrogens with zero attached hydrogens (tertiary/aromatic N) is 2. The predicted octanol–water partition coefficient (Wildman–Crippen LogP) is 4.39. The fourth-order valence-corrected chi connectivity index (χ4v) is 5.49. The lowest BCUT2D eigenvalue weighted by Crippen LogP contribution is -2.27. The van der Waals surface area contributed by atoms with E-state index in [1.54, 1.807) is 19.1 Å². The zero-order chi connectivity index (χ0) is 28.5. The summed E-state index contributed by atoms with van der Waals surface area (Å²) in [4.78, 5) is 42.7. The summed E-state index contributed by atoms with van der Waals surface area (Å²) in [5, 5.41) is 0.446. The first-order chi connectivity index (χ1) is 18.5. The summed E-state index contributed by atoms with van der Waals surface area (Å²) in [5.41, 5.74) is 1.18. The van der Waals surface area contributed by atoms with E-state index in [-0.39, 0.29) is 45.1 Å². The second kappa shape index (κ2) is 10.9. The Morgan fingerprint density at radius 2 is 1.72 bits per heavy atom. The number of rotatable bonds is 8. The minimum Gasteiger partial charge on any atom is -0.464 e. The molecule has 0 aliphatic rings. The average molecular weight is 553 g/mol. The first kappa shape index (κ1) is 27.8. The highest BCUT2D eigenvalue weighted by molar-refractivity contribution is 7.92. The largest absolute Gasteiger partial charge is 0.464 e. The lowest BCUT2D eigenvalue weighted by molar-refractivity contribution is 0.0490. The molecule has 2 aromatic heterocycles. The number of benzene rings is 2. The Morgan fingerprint density at radius 3 is 2.33 bits per heavy atom. The third-order valence-corrected chi connectivity index (χ3v) is 8.05. The number of fused-ring (bicyclic) bond motifs is 2. The number of anilines is 1. The number of carbonyl (C=O) groups is 2. The van der Waals surface area contributed by atoms with Crippen molar-refractivity contribution in [2.75, 3.05) is 25.1 Å². The Morgan fingerprint density at radius 1 is 1.03 bits per heavy atom. The van der Waals surface area contributed by atoms with Crippen LogP contribution in [0.4, 0.5) is 5.69 Å². The van der Waals surface area contributed by atoms with Gasteiger partial charge in [-0.2, -0.15) is 0 Å². The van der Waals surface area contributed by atoms with E-state index in [1.807, 2.05) is 13.8 Å². The van der Waals surface area contributed by atoms with Gasteiger partial charge in [0.05, 0.1) is 35.2 Å². The Kier molecular flexibility index (Phi) is 7.73. The van der Waals surface area contributed by atoms with E-state index < -0.39 is 27.4 Å². The predicted molar refractivity (Wildman–Crippen MR) is 146 cm³/mol. The zero-order valence-electron chi connectivity index (χ0n) is 22.2. The molecule has 2 aromatic carbocycles. The number of sulfonamides is 1. The van der Waals surface area contributed by atoms with E-state index in [0.717, 1.165) is 15.9 Å². The Labute approximate surface area is 225 Å². The van der Waals surface area contributed by atoms with E-state index in [1.165, 1.54) is 38.4 Å². The van der Waals surface area contributed by atoms with Crippen molar-refractivity contribution in [2.45, 2.75) is 38.5 Å². The first-order valence-electron chi connectivity index (χ1n) is 12.3. The van der Waals surface area contributed by atoms with Gasteiger partial charge in [-0.15, -0.1) is 0 Å². The summed E-state index contributed by atoms with van der Waals surface area (Å²) in [5.74, 6) is -1.84. The third kappa shape index (κ3) is 5.09. The maximum absolute atomic E-state index is 13.6. The van der Waals surface area contributed by atoms with Crippen molar-refractivity contribution in [3.8, 4) is 0 Å².